The Bertz CT molecular complexity index is 522. The highest BCUT2D eigenvalue weighted by Gasteiger charge is 2.39. The van der Waals surface area contributed by atoms with Crippen molar-refractivity contribution < 1.29 is 17.9 Å². The number of phenols is 1. The van der Waals surface area contributed by atoms with E-state index in [0.717, 1.165) is 13.8 Å². The van der Waals surface area contributed by atoms with Gasteiger partial charge in [-0.15, -0.1) is 0 Å². The van der Waals surface area contributed by atoms with E-state index in [9.17, 15) is 17.9 Å². The van der Waals surface area contributed by atoms with E-state index in [0.29, 0.717) is 0 Å². The fourth-order valence-corrected chi connectivity index (χ4v) is 2.70. The van der Waals surface area contributed by atoms with Crippen LogP contribution in [0.15, 0.2) is 17.0 Å². The average molecular weight is 268 g/mol. The molecule has 0 bridgehead atoms. The van der Waals surface area contributed by atoms with Crippen LogP contribution in [0.3, 0.4) is 0 Å². The van der Waals surface area contributed by atoms with Gasteiger partial charge in [-0.3, -0.25) is 0 Å². The van der Waals surface area contributed by atoms with E-state index >= 15 is 0 Å². The minimum absolute atomic E-state index is 0.174. The third-order valence-electron chi connectivity index (χ3n) is 2.02. The zero-order valence-electron chi connectivity index (χ0n) is 8.66. The Balaban J connectivity index is 3.64. The summed E-state index contributed by atoms with van der Waals surface area (Å²) in [5.74, 6) is -0.724. The summed E-state index contributed by atoms with van der Waals surface area (Å²) in [5, 5.41) is 6.70. The summed E-state index contributed by atoms with van der Waals surface area (Å²) >= 11 is 5.63. The normalized spacial score (nSPS) is 12.8. The average Bonchev–Trinajstić information content (AvgIpc) is 2.10. The summed E-state index contributed by atoms with van der Waals surface area (Å²) in [6.45, 7) is 1.72. The molecule has 0 fully saturated rings. The second kappa shape index (κ2) is 3.78. The number of alkyl halides is 1. The molecule has 16 heavy (non-hydrogen) atoms. The fourth-order valence-electron chi connectivity index (χ4n) is 1.06. The fraction of sp³-hybridized carbons (Fsp3) is 0.333. The minimum atomic E-state index is -4.39. The van der Waals surface area contributed by atoms with Crippen LogP contribution in [-0.4, -0.2) is 18.5 Å². The molecule has 0 aliphatic carbocycles. The van der Waals surface area contributed by atoms with E-state index in [2.05, 4.69) is 0 Å². The molecular weight excluding hydrogens is 257 g/mol. The topological polar surface area (TPSA) is 80.4 Å². The van der Waals surface area contributed by atoms with E-state index in [1.807, 2.05) is 0 Å². The third kappa shape index (κ3) is 1.94. The molecule has 3 N–H and O–H groups in total. The van der Waals surface area contributed by atoms with Crippen molar-refractivity contribution >= 4 is 27.1 Å². The molecule has 90 valence electrons. The maximum atomic E-state index is 13.5. The smallest absolute Gasteiger partial charge is 0.217 e. The van der Waals surface area contributed by atoms with Crippen LogP contribution in [0.25, 0.3) is 0 Å². The summed E-state index contributed by atoms with van der Waals surface area (Å²) in [5.41, 5.74) is 5.16. The van der Waals surface area contributed by atoms with E-state index < -0.39 is 25.5 Å². The van der Waals surface area contributed by atoms with Crippen LogP contribution in [0.2, 0.25) is 5.02 Å². The zero-order valence-corrected chi connectivity index (χ0v) is 10.2. The van der Waals surface area contributed by atoms with E-state index in [-0.39, 0.29) is 10.7 Å². The van der Waals surface area contributed by atoms with Gasteiger partial charge >= 0.3 is 0 Å². The van der Waals surface area contributed by atoms with Crippen molar-refractivity contribution in [2.45, 2.75) is 23.7 Å². The molecule has 0 radical (unpaired) electrons. The van der Waals surface area contributed by atoms with Crippen LogP contribution < -0.4 is 5.73 Å². The highest BCUT2D eigenvalue weighted by molar-refractivity contribution is 7.92. The number of anilines is 1. The Morgan fingerprint density at radius 3 is 2.38 bits per heavy atom. The highest BCUT2D eigenvalue weighted by atomic mass is 35.5. The highest BCUT2D eigenvalue weighted by Crippen LogP contribution is 2.40. The molecule has 1 aromatic rings. The molecule has 4 nitrogen and oxygen atoms in total. The van der Waals surface area contributed by atoms with Gasteiger partial charge in [0.2, 0.25) is 14.8 Å². The van der Waals surface area contributed by atoms with Crippen molar-refractivity contribution in [2.75, 3.05) is 5.73 Å². The first-order valence-corrected chi connectivity index (χ1v) is 6.15. The van der Waals surface area contributed by atoms with E-state index in [4.69, 9.17) is 17.3 Å². The Hall–Kier alpha value is -1.01. The lowest BCUT2D eigenvalue weighted by atomic mass is 10.3. The molecule has 0 unspecified atom stereocenters. The molecule has 0 aliphatic rings. The second-order valence-corrected chi connectivity index (χ2v) is 6.47. The van der Waals surface area contributed by atoms with Crippen molar-refractivity contribution in [1.82, 2.24) is 0 Å². The number of halogens is 2. The lowest BCUT2D eigenvalue weighted by molar-refractivity contribution is 0.318. The summed E-state index contributed by atoms with van der Waals surface area (Å²) in [6, 6.07) is 2.43. The van der Waals surface area contributed by atoms with Crippen LogP contribution in [-0.2, 0) is 9.84 Å². The summed E-state index contributed by atoms with van der Waals surface area (Å²) < 4.78 is 37.1. The van der Waals surface area contributed by atoms with Crippen molar-refractivity contribution in [3.8, 4) is 5.75 Å². The predicted molar refractivity (Wildman–Crippen MR) is 59.9 cm³/mol. The van der Waals surface area contributed by atoms with Gasteiger partial charge < -0.3 is 10.8 Å². The largest absolute Gasteiger partial charge is 0.504 e. The first-order valence-electron chi connectivity index (χ1n) is 4.29. The second-order valence-electron chi connectivity index (χ2n) is 3.68. The van der Waals surface area contributed by atoms with Crippen LogP contribution in [0.4, 0.5) is 10.1 Å². The number of sulfone groups is 1. The van der Waals surface area contributed by atoms with Gasteiger partial charge in [0.15, 0.2) is 5.75 Å². The van der Waals surface area contributed by atoms with Crippen LogP contribution in [0.5, 0.6) is 5.75 Å². The molecule has 0 amide bonds. The number of hydrogen-bond donors (Lipinski definition) is 2. The van der Waals surface area contributed by atoms with Gasteiger partial charge in [-0.05, 0) is 26.0 Å². The van der Waals surface area contributed by atoms with Crippen LogP contribution in [0.1, 0.15) is 13.8 Å². The molecule has 0 spiro atoms. The van der Waals surface area contributed by atoms with Gasteiger partial charge in [0, 0.05) is 0 Å². The Kier molecular flexibility index (Phi) is 3.08. The Morgan fingerprint density at radius 2 is 1.94 bits per heavy atom. The molecule has 0 heterocycles. The number of hydrogen-bond acceptors (Lipinski definition) is 4. The molecule has 0 saturated heterocycles. The standard InChI is InChI=1S/C9H11ClFNO3S/c1-9(2,11)16(14,15)8-5(10)3-4-6(12)7(8)13/h3-4,13H,12H2,1-2H3. The number of nitrogen functional groups attached to an aromatic ring is 1. The molecule has 0 aromatic heterocycles. The van der Waals surface area contributed by atoms with Crippen LogP contribution in [0, 0.1) is 0 Å². The van der Waals surface area contributed by atoms with Gasteiger partial charge in [-0.25, -0.2) is 12.8 Å². The molecular formula is C9H11ClFNO3S. The summed E-state index contributed by atoms with van der Waals surface area (Å²) in [7, 11) is -4.39. The monoisotopic (exact) mass is 267 g/mol. The minimum Gasteiger partial charge on any atom is -0.504 e. The summed E-state index contributed by atoms with van der Waals surface area (Å²) in [4.78, 5) is -0.679. The van der Waals surface area contributed by atoms with Crippen molar-refractivity contribution in [3.05, 3.63) is 17.2 Å². The molecule has 0 atom stereocenters. The molecule has 7 heteroatoms. The molecule has 1 rings (SSSR count). The summed E-state index contributed by atoms with van der Waals surface area (Å²) in [6.07, 6.45) is 0. The first kappa shape index (κ1) is 13.1. The van der Waals surface area contributed by atoms with Crippen molar-refractivity contribution in [2.24, 2.45) is 0 Å². The van der Waals surface area contributed by atoms with Gasteiger partial charge in [-0.2, -0.15) is 0 Å². The Morgan fingerprint density at radius 1 is 1.44 bits per heavy atom. The Labute approximate surface area is 97.8 Å². The third-order valence-corrected chi connectivity index (χ3v) is 4.68. The number of nitrogens with two attached hydrogens (primary N) is 1. The number of phenolic OH excluding ortho intramolecular Hbond substituents is 1. The first-order chi connectivity index (χ1) is 7.09. The number of rotatable bonds is 2. The lowest BCUT2D eigenvalue weighted by Crippen LogP contribution is -2.26. The van der Waals surface area contributed by atoms with Gasteiger partial charge in [0.1, 0.15) is 4.90 Å². The lowest BCUT2D eigenvalue weighted by Gasteiger charge is -2.17. The van der Waals surface area contributed by atoms with Gasteiger partial charge in [0.25, 0.3) is 0 Å². The number of aromatic hydroxyl groups is 1. The van der Waals surface area contributed by atoms with E-state index in [1.54, 1.807) is 0 Å². The zero-order chi connectivity index (χ0) is 12.7. The maximum Gasteiger partial charge on any atom is 0.217 e. The quantitative estimate of drug-likeness (QED) is 0.635. The SMILES string of the molecule is CC(C)(F)S(=O)(=O)c1c(Cl)ccc(N)c1O. The molecule has 1 aromatic carbocycles. The van der Waals surface area contributed by atoms with Gasteiger partial charge in [0.05, 0.1) is 10.7 Å². The predicted octanol–water partition coefficient (Wildman–Crippen LogP) is 2.11. The van der Waals surface area contributed by atoms with Crippen molar-refractivity contribution in [1.29, 1.82) is 0 Å². The van der Waals surface area contributed by atoms with E-state index in [1.165, 1.54) is 12.1 Å². The number of benzene rings is 1. The van der Waals surface area contributed by atoms with Crippen LogP contribution >= 0.6 is 11.6 Å². The van der Waals surface area contributed by atoms with Gasteiger partial charge in [-0.1, -0.05) is 11.6 Å². The molecule has 0 saturated carbocycles. The van der Waals surface area contributed by atoms with Crippen molar-refractivity contribution in [3.63, 3.8) is 0 Å². The molecule has 0 aliphatic heterocycles. The maximum absolute atomic E-state index is 13.5.